The molecule has 1 saturated heterocycles. The van der Waals surface area contributed by atoms with Crippen LogP contribution in [0.2, 0.25) is 0 Å². The Morgan fingerprint density at radius 1 is 0.969 bits per heavy atom. The molecule has 32 heavy (non-hydrogen) atoms. The van der Waals surface area contributed by atoms with Crippen LogP contribution < -0.4 is 5.32 Å². The first-order chi connectivity index (χ1) is 15.2. The number of sulfonamides is 1. The fraction of sp³-hybridized carbons (Fsp3) is 0.696. The Balaban J connectivity index is 1.21. The Hall–Kier alpha value is -1.61. The van der Waals surface area contributed by atoms with Gasteiger partial charge in [0.1, 0.15) is 0 Å². The molecule has 2 bridgehead atoms. The first-order valence-corrected chi connectivity index (χ1v) is 13.1. The Kier molecular flexibility index (Phi) is 5.55. The molecule has 4 aliphatic rings. The van der Waals surface area contributed by atoms with Gasteiger partial charge in [-0.15, -0.1) is 0 Å². The average molecular weight is 471 g/mol. The van der Waals surface area contributed by atoms with Crippen molar-refractivity contribution in [1.82, 2.24) is 9.62 Å². The molecule has 0 aromatic heterocycles. The van der Waals surface area contributed by atoms with Gasteiger partial charge in [-0.3, -0.25) is 4.79 Å². The third-order valence-electron chi connectivity index (χ3n) is 8.39. The lowest BCUT2D eigenvalue weighted by atomic mass is 9.79. The zero-order valence-corrected chi connectivity index (χ0v) is 18.7. The van der Waals surface area contributed by atoms with Crippen LogP contribution in [0.4, 0.5) is 13.2 Å². The quantitative estimate of drug-likeness (QED) is 0.722. The van der Waals surface area contributed by atoms with Crippen LogP contribution in [0.5, 0.6) is 0 Å². The number of alkyl halides is 3. The van der Waals surface area contributed by atoms with E-state index in [9.17, 15) is 26.4 Å². The third-order valence-corrected chi connectivity index (χ3v) is 10.3. The van der Waals surface area contributed by atoms with Gasteiger partial charge in [-0.2, -0.15) is 17.5 Å². The first-order valence-electron chi connectivity index (χ1n) is 11.6. The predicted octanol–water partition coefficient (Wildman–Crippen LogP) is 4.05. The molecule has 4 fully saturated rings. The fourth-order valence-corrected chi connectivity index (χ4v) is 8.64. The summed E-state index contributed by atoms with van der Waals surface area (Å²) in [5.74, 6) is 2.60. The van der Waals surface area contributed by atoms with Crippen molar-refractivity contribution in [2.24, 2.45) is 29.6 Å². The zero-order valence-electron chi connectivity index (χ0n) is 17.9. The van der Waals surface area contributed by atoms with Gasteiger partial charge in [0.2, 0.25) is 15.9 Å². The monoisotopic (exact) mass is 470 g/mol. The van der Waals surface area contributed by atoms with Gasteiger partial charge in [0.05, 0.1) is 10.5 Å². The summed E-state index contributed by atoms with van der Waals surface area (Å²) >= 11 is 0. The van der Waals surface area contributed by atoms with Crippen molar-refractivity contribution in [3.63, 3.8) is 0 Å². The normalized spacial score (nSPS) is 33.4. The highest BCUT2D eigenvalue weighted by Gasteiger charge is 2.54. The number of benzene rings is 1. The maximum atomic E-state index is 13.3. The molecule has 5 nitrogen and oxygen atoms in total. The lowest BCUT2D eigenvalue weighted by Crippen LogP contribution is -2.48. The van der Waals surface area contributed by atoms with E-state index in [-0.39, 0.29) is 31.0 Å². The molecule has 1 N–H and O–H groups in total. The lowest BCUT2D eigenvalue weighted by molar-refractivity contribution is -0.139. The fourth-order valence-electron chi connectivity index (χ4n) is 6.96. The topological polar surface area (TPSA) is 66.5 Å². The standard InChI is InChI=1S/C23H29F3N2O3S/c24-23(25,26)19-6-1-2-7-21(19)32(30,31)28-10-8-14(9-11-28)22(29)27-20-13-15-12-18(20)17-5-3-4-16(15)17/h1-2,6-7,14-18,20H,3-5,8-13H2,(H,27,29)/t15-,16+,17+,18+,20-/m1/s1. The first kappa shape index (κ1) is 22.2. The van der Waals surface area contributed by atoms with Crippen LogP contribution in [0.15, 0.2) is 29.2 Å². The molecule has 5 rings (SSSR count). The molecule has 0 radical (unpaired) electrons. The van der Waals surface area contributed by atoms with Crippen LogP contribution in [0.25, 0.3) is 0 Å². The number of fused-ring (bicyclic) bond motifs is 5. The number of nitrogens with one attached hydrogen (secondary N) is 1. The van der Waals surface area contributed by atoms with Gasteiger partial charge in [-0.1, -0.05) is 18.6 Å². The number of carbonyl (C=O) groups is 1. The van der Waals surface area contributed by atoms with E-state index in [1.165, 1.54) is 37.8 Å². The Bertz CT molecular complexity index is 988. The second-order valence-corrected chi connectivity index (χ2v) is 11.8. The predicted molar refractivity (Wildman–Crippen MR) is 112 cm³/mol. The maximum Gasteiger partial charge on any atom is 0.417 e. The molecule has 3 aliphatic carbocycles. The van der Waals surface area contributed by atoms with Crippen LogP contribution in [-0.4, -0.2) is 37.8 Å². The highest BCUT2D eigenvalue weighted by Crippen LogP contribution is 2.58. The number of rotatable bonds is 4. The van der Waals surface area contributed by atoms with Crippen molar-refractivity contribution in [2.75, 3.05) is 13.1 Å². The molecule has 1 amide bonds. The van der Waals surface area contributed by atoms with Gasteiger partial charge in [0.25, 0.3) is 0 Å². The van der Waals surface area contributed by atoms with E-state index in [0.29, 0.717) is 18.8 Å². The molecular weight excluding hydrogens is 441 g/mol. The second kappa shape index (κ2) is 8.01. The molecule has 3 saturated carbocycles. The Labute approximate surface area is 186 Å². The summed E-state index contributed by atoms with van der Waals surface area (Å²) in [6.07, 6.45) is 2.08. The smallest absolute Gasteiger partial charge is 0.353 e. The molecular formula is C23H29F3N2O3S. The number of hydrogen-bond acceptors (Lipinski definition) is 3. The van der Waals surface area contributed by atoms with Crippen LogP contribution in [0, 0.1) is 29.6 Å². The number of carbonyl (C=O) groups excluding carboxylic acids is 1. The van der Waals surface area contributed by atoms with E-state index in [1.54, 1.807) is 0 Å². The number of hydrogen-bond donors (Lipinski definition) is 1. The molecule has 1 aliphatic heterocycles. The van der Waals surface area contributed by atoms with E-state index >= 15 is 0 Å². The minimum absolute atomic E-state index is 0.0233. The van der Waals surface area contributed by atoms with E-state index in [4.69, 9.17) is 0 Å². The summed E-state index contributed by atoms with van der Waals surface area (Å²) in [6.45, 7) is 0.0993. The van der Waals surface area contributed by atoms with Crippen LogP contribution in [0.1, 0.15) is 50.5 Å². The van der Waals surface area contributed by atoms with Gasteiger partial charge < -0.3 is 5.32 Å². The van der Waals surface area contributed by atoms with Crippen LogP contribution in [0.3, 0.4) is 0 Å². The Morgan fingerprint density at radius 3 is 2.38 bits per heavy atom. The molecule has 1 aromatic rings. The highest BCUT2D eigenvalue weighted by atomic mass is 32.2. The van der Waals surface area contributed by atoms with Gasteiger partial charge in [0, 0.05) is 25.0 Å². The van der Waals surface area contributed by atoms with Crippen molar-refractivity contribution < 1.29 is 26.4 Å². The molecule has 5 atom stereocenters. The van der Waals surface area contributed by atoms with Crippen LogP contribution in [-0.2, 0) is 21.0 Å². The second-order valence-electron chi connectivity index (χ2n) is 9.94. The average Bonchev–Trinajstić information content (AvgIpc) is 3.47. The minimum Gasteiger partial charge on any atom is -0.353 e. The maximum absolute atomic E-state index is 13.3. The third kappa shape index (κ3) is 3.75. The molecule has 0 unspecified atom stereocenters. The summed E-state index contributed by atoms with van der Waals surface area (Å²) in [5.41, 5.74) is -1.15. The van der Waals surface area contributed by atoms with Crippen molar-refractivity contribution >= 4 is 15.9 Å². The number of piperidine rings is 1. The van der Waals surface area contributed by atoms with Crippen LogP contribution >= 0.6 is 0 Å². The van der Waals surface area contributed by atoms with E-state index < -0.39 is 26.7 Å². The number of nitrogens with zero attached hydrogens (tertiary/aromatic N) is 1. The summed E-state index contributed by atoms with van der Waals surface area (Å²) < 4.78 is 66.9. The van der Waals surface area contributed by atoms with Gasteiger partial charge in [0.15, 0.2) is 0 Å². The lowest BCUT2D eigenvalue weighted by Gasteiger charge is -2.35. The van der Waals surface area contributed by atoms with Crippen molar-refractivity contribution in [3.05, 3.63) is 29.8 Å². The largest absolute Gasteiger partial charge is 0.417 e. The van der Waals surface area contributed by atoms with E-state index in [0.717, 1.165) is 40.6 Å². The van der Waals surface area contributed by atoms with Crippen molar-refractivity contribution in [3.8, 4) is 0 Å². The number of halogens is 3. The Morgan fingerprint density at radius 2 is 1.66 bits per heavy atom. The number of amides is 1. The molecule has 0 spiro atoms. The SMILES string of the molecule is O=C(N[C@@H]1C[C@H]2C[C@H]1[C@H]1CCC[C@@H]21)C1CCN(S(=O)(=O)c2ccccc2C(F)(F)F)CC1. The highest BCUT2D eigenvalue weighted by molar-refractivity contribution is 7.89. The van der Waals surface area contributed by atoms with Crippen molar-refractivity contribution in [2.45, 2.75) is 62.1 Å². The van der Waals surface area contributed by atoms with Gasteiger partial charge >= 0.3 is 6.18 Å². The van der Waals surface area contributed by atoms with Gasteiger partial charge in [-0.05, 0) is 74.3 Å². The molecule has 1 heterocycles. The van der Waals surface area contributed by atoms with E-state index in [1.807, 2.05) is 0 Å². The summed E-state index contributed by atoms with van der Waals surface area (Å²) in [4.78, 5) is 12.2. The summed E-state index contributed by atoms with van der Waals surface area (Å²) in [5, 5.41) is 3.25. The molecule has 176 valence electrons. The van der Waals surface area contributed by atoms with E-state index in [2.05, 4.69) is 5.32 Å². The minimum atomic E-state index is -4.75. The van der Waals surface area contributed by atoms with Gasteiger partial charge in [-0.25, -0.2) is 8.42 Å². The molecule has 9 heteroatoms. The summed E-state index contributed by atoms with van der Waals surface area (Å²) in [6, 6.07) is 4.50. The van der Waals surface area contributed by atoms with Crippen molar-refractivity contribution in [1.29, 1.82) is 0 Å². The molecule has 1 aromatic carbocycles. The summed E-state index contributed by atoms with van der Waals surface area (Å²) in [7, 11) is -4.28. The zero-order chi connectivity index (χ0) is 22.7.